The molecule has 1 aliphatic rings. The first-order valence-electron chi connectivity index (χ1n) is 16.0. The predicted octanol–water partition coefficient (Wildman–Crippen LogP) is 5.06. The van der Waals surface area contributed by atoms with Gasteiger partial charge in [0.2, 0.25) is 0 Å². The zero-order valence-corrected chi connectivity index (χ0v) is 26.0. The maximum Gasteiger partial charge on any atom is 0.306 e. The maximum atomic E-state index is 12.4. The molecule has 1 saturated heterocycles. The fourth-order valence-electron chi connectivity index (χ4n) is 4.54. The van der Waals surface area contributed by atoms with Gasteiger partial charge < -0.3 is 39.4 Å². The second-order valence-electron chi connectivity index (χ2n) is 11.0. The quantitative estimate of drug-likeness (QED) is 0.0613. The van der Waals surface area contributed by atoms with Gasteiger partial charge in [-0.1, -0.05) is 89.7 Å². The summed E-state index contributed by atoms with van der Waals surface area (Å²) in [6, 6.07) is 0. The number of aliphatic hydroxyl groups excluding tert-OH is 4. The molecule has 0 spiro atoms. The number of rotatable bonds is 25. The van der Waals surface area contributed by atoms with Crippen molar-refractivity contribution in [2.45, 2.75) is 147 Å². The summed E-state index contributed by atoms with van der Waals surface area (Å²) in [6.07, 6.45) is 15.4. The summed E-state index contributed by atoms with van der Waals surface area (Å²) in [7, 11) is 0. The molecule has 10 heteroatoms. The molecule has 0 aromatic carbocycles. The van der Waals surface area contributed by atoms with Gasteiger partial charge in [0.1, 0.15) is 31.0 Å². The Morgan fingerprint density at radius 3 is 2.09 bits per heavy atom. The lowest BCUT2D eigenvalue weighted by Gasteiger charge is -2.39. The third kappa shape index (κ3) is 19.3. The first kappa shape index (κ1) is 41.9. The van der Waals surface area contributed by atoms with Gasteiger partial charge in [-0.05, 0) is 38.5 Å². The third-order valence-corrected chi connectivity index (χ3v) is 7.17. The fraction of sp³-hybridized carbons (Fsp3) is 0.765. The van der Waals surface area contributed by atoms with Crippen LogP contribution < -0.4 is 0 Å². The van der Waals surface area contributed by atoms with Crippen LogP contribution in [0.1, 0.15) is 111 Å². The molecule has 6 atom stereocenters. The van der Waals surface area contributed by atoms with E-state index in [2.05, 4.69) is 37.8 Å². The van der Waals surface area contributed by atoms with Gasteiger partial charge in [0, 0.05) is 12.8 Å². The van der Waals surface area contributed by atoms with Gasteiger partial charge in [-0.15, -0.1) is 6.58 Å². The van der Waals surface area contributed by atoms with Crippen LogP contribution in [0.15, 0.2) is 37.0 Å². The zero-order chi connectivity index (χ0) is 31.7. The Balaban J connectivity index is 0.0000185. The second-order valence-corrected chi connectivity index (χ2v) is 11.0. The number of carbonyl (C=O) groups excluding carboxylic acids is 2. The Hall–Kier alpha value is -2.08. The standard InChI is InChI=1S/C33H56O10.CH4/c1-3-5-7-9-10-11-12-13-14-15-16-18-19-21-28(35)40-24-26(42-29(36)22-20-17-8-6-4-2)25-41-33-32(39)31(38)30(37)27(23-34)43-33;/h3,7,9,11-12,26-27,30-34,37-39H,1,4-6,8,10,13-25H2,2H3;1H4/b9-7+,12-11-;/t26-,27-,30+,31+,32-,33-;/m1./s1. The summed E-state index contributed by atoms with van der Waals surface area (Å²) in [5.41, 5.74) is 0. The minimum absolute atomic E-state index is 0. The fourth-order valence-corrected chi connectivity index (χ4v) is 4.54. The van der Waals surface area contributed by atoms with Crippen LogP contribution in [0, 0.1) is 0 Å². The summed E-state index contributed by atoms with van der Waals surface area (Å²) in [6.45, 7) is 4.70. The Morgan fingerprint density at radius 2 is 1.41 bits per heavy atom. The Kier molecular flexibility index (Phi) is 26.0. The monoisotopic (exact) mass is 628 g/mol. The van der Waals surface area contributed by atoms with Crippen molar-refractivity contribution in [1.82, 2.24) is 0 Å². The van der Waals surface area contributed by atoms with Crippen molar-refractivity contribution in [2.75, 3.05) is 19.8 Å². The Bertz CT molecular complexity index is 797. The molecule has 0 amide bonds. The van der Waals surface area contributed by atoms with E-state index < -0.39 is 55.4 Å². The molecular formula is C34H60O10. The number of unbranched alkanes of at least 4 members (excludes halogenated alkanes) is 9. The lowest BCUT2D eigenvalue weighted by Crippen LogP contribution is -2.59. The van der Waals surface area contributed by atoms with Crippen LogP contribution in [-0.2, 0) is 28.5 Å². The van der Waals surface area contributed by atoms with E-state index >= 15 is 0 Å². The van der Waals surface area contributed by atoms with Gasteiger partial charge in [0.15, 0.2) is 12.4 Å². The van der Waals surface area contributed by atoms with Crippen LogP contribution in [0.25, 0.3) is 0 Å². The topological polar surface area (TPSA) is 152 Å². The number of hydrogen-bond acceptors (Lipinski definition) is 10. The number of hydrogen-bond donors (Lipinski definition) is 4. The number of aliphatic hydroxyl groups is 4. The molecule has 10 nitrogen and oxygen atoms in total. The van der Waals surface area contributed by atoms with Crippen LogP contribution >= 0.6 is 0 Å². The third-order valence-electron chi connectivity index (χ3n) is 7.17. The highest BCUT2D eigenvalue weighted by molar-refractivity contribution is 5.70. The molecule has 4 N–H and O–H groups in total. The normalized spacial score (nSPS) is 22.5. The summed E-state index contributed by atoms with van der Waals surface area (Å²) in [5, 5.41) is 39.6. The molecule has 0 radical (unpaired) electrons. The Labute approximate surface area is 265 Å². The zero-order valence-electron chi connectivity index (χ0n) is 26.0. The van der Waals surface area contributed by atoms with Crippen LogP contribution in [0.3, 0.4) is 0 Å². The summed E-state index contributed by atoms with van der Waals surface area (Å²) in [5.74, 6) is -0.852. The molecule has 0 unspecified atom stereocenters. The van der Waals surface area contributed by atoms with Crippen LogP contribution in [0.2, 0.25) is 0 Å². The minimum atomic E-state index is -1.59. The molecule has 0 bridgehead atoms. The molecule has 256 valence electrons. The highest BCUT2D eigenvalue weighted by Gasteiger charge is 2.44. The molecular weight excluding hydrogens is 568 g/mol. The van der Waals surface area contributed by atoms with E-state index in [-0.39, 0.29) is 33.5 Å². The number of carbonyl (C=O) groups is 2. The van der Waals surface area contributed by atoms with Crippen molar-refractivity contribution in [3.63, 3.8) is 0 Å². The van der Waals surface area contributed by atoms with Crippen molar-refractivity contribution < 1.29 is 49.0 Å². The van der Waals surface area contributed by atoms with Crippen LogP contribution in [-0.4, -0.2) is 89.0 Å². The largest absolute Gasteiger partial charge is 0.462 e. The Morgan fingerprint density at radius 1 is 0.795 bits per heavy atom. The lowest BCUT2D eigenvalue weighted by molar-refractivity contribution is -0.305. The van der Waals surface area contributed by atoms with Crippen molar-refractivity contribution in [3.8, 4) is 0 Å². The molecule has 1 heterocycles. The number of esters is 2. The van der Waals surface area contributed by atoms with Crippen molar-refractivity contribution in [2.24, 2.45) is 0 Å². The van der Waals surface area contributed by atoms with Gasteiger partial charge >= 0.3 is 11.9 Å². The lowest BCUT2D eigenvalue weighted by atomic mass is 9.99. The second kappa shape index (κ2) is 27.2. The average Bonchev–Trinajstić information content (AvgIpc) is 3.00. The number of allylic oxidation sites excluding steroid dienone is 5. The predicted molar refractivity (Wildman–Crippen MR) is 171 cm³/mol. The van der Waals surface area contributed by atoms with Gasteiger partial charge in [-0.25, -0.2) is 0 Å². The maximum absolute atomic E-state index is 12.4. The van der Waals surface area contributed by atoms with Crippen molar-refractivity contribution in [3.05, 3.63) is 37.0 Å². The molecule has 0 aliphatic carbocycles. The SMILES string of the molecule is C.C=CC/C=C/C/C=C\CCCCCCCC(=O)OC[C@H](CO[C@@H]1O[C@H](CO)[C@H](O)[C@H](O)[C@H]1O)OC(=O)CCCCCCC. The minimum Gasteiger partial charge on any atom is -0.462 e. The number of ether oxygens (including phenoxy) is 4. The first-order chi connectivity index (χ1) is 20.8. The summed E-state index contributed by atoms with van der Waals surface area (Å²) < 4.78 is 21.8. The smallest absolute Gasteiger partial charge is 0.306 e. The summed E-state index contributed by atoms with van der Waals surface area (Å²) >= 11 is 0. The van der Waals surface area contributed by atoms with Gasteiger partial charge in [0.25, 0.3) is 0 Å². The molecule has 1 rings (SSSR count). The average molecular weight is 629 g/mol. The van der Waals surface area contributed by atoms with E-state index in [0.29, 0.717) is 12.8 Å². The van der Waals surface area contributed by atoms with E-state index in [0.717, 1.165) is 70.6 Å². The van der Waals surface area contributed by atoms with Crippen LogP contribution in [0.4, 0.5) is 0 Å². The molecule has 0 saturated carbocycles. The summed E-state index contributed by atoms with van der Waals surface area (Å²) in [4.78, 5) is 24.8. The van der Waals surface area contributed by atoms with Crippen molar-refractivity contribution >= 4 is 11.9 Å². The van der Waals surface area contributed by atoms with Gasteiger partial charge in [0.05, 0.1) is 13.2 Å². The molecule has 1 fully saturated rings. The van der Waals surface area contributed by atoms with Gasteiger partial charge in [-0.2, -0.15) is 0 Å². The van der Waals surface area contributed by atoms with E-state index in [1.54, 1.807) is 0 Å². The van der Waals surface area contributed by atoms with Crippen molar-refractivity contribution in [1.29, 1.82) is 0 Å². The van der Waals surface area contributed by atoms with E-state index in [1.807, 2.05) is 6.08 Å². The van der Waals surface area contributed by atoms with Gasteiger partial charge in [-0.3, -0.25) is 9.59 Å². The molecule has 44 heavy (non-hydrogen) atoms. The highest BCUT2D eigenvalue weighted by atomic mass is 16.7. The highest BCUT2D eigenvalue weighted by Crippen LogP contribution is 2.22. The molecule has 0 aromatic heterocycles. The molecule has 0 aromatic rings. The van der Waals surface area contributed by atoms with Crippen LogP contribution in [0.5, 0.6) is 0 Å². The molecule has 1 aliphatic heterocycles. The van der Waals surface area contributed by atoms with E-state index in [1.165, 1.54) is 0 Å². The van der Waals surface area contributed by atoms with E-state index in [9.17, 15) is 30.0 Å². The first-order valence-corrected chi connectivity index (χ1v) is 16.0. The van der Waals surface area contributed by atoms with E-state index in [4.69, 9.17) is 18.9 Å².